The van der Waals surface area contributed by atoms with Crippen molar-refractivity contribution in [1.29, 1.82) is 0 Å². The average molecular weight is 205 g/mol. The predicted octanol–water partition coefficient (Wildman–Crippen LogP) is 2.39. The topological polar surface area (TPSA) is 35.2 Å². The lowest BCUT2D eigenvalue weighted by molar-refractivity contribution is 0.0446. The SMILES string of the molecule is Cc1ccccc1COC1CCC(N)C1. The zero-order valence-electron chi connectivity index (χ0n) is 9.28. The summed E-state index contributed by atoms with van der Waals surface area (Å²) in [5.74, 6) is 0. The molecule has 2 atom stereocenters. The average Bonchev–Trinajstić information content (AvgIpc) is 2.63. The first-order chi connectivity index (χ1) is 7.25. The Labute approximate surface area is 91.4 Å². The van der Waals surface area contributed by atoms with Gasteiger partial charge < -0.3 is 10.5 Å². The predicted molar refractivity (Wildman–Crippen MR) is 61.6 cm³/mol. The molecule has 0 aromatic heterocycles. The number of nitrogens with two attached hydrogens (primary N) is 1. The van der Waals surface area contributed by atoms with E-state index < -0.39 is 0 Å². The van der Waals surface area contributed by atoms with Gasteiger partial charge in [-0.1, -0.05) is 24.3 Å². The van der Waals surface area contributed by atoms with E-state index in [0.717, 1.165) is 25.9 Å². The quantitative estimate of drug-likeness (QED) is 0.822. The zero-order valence-corrected chi connectivity index (χ0v) is 9.28. The van der Waals surface area contributed by atoms with Crippen molar-refractivity contribution in [2.45, 2.75) is 44.9 Å². The third kappa shape index (κ3) is 2.80. The second-order valence-corrected chi connectivity index (χ2v) is 4.43. The molecule has 1 aromatic rings. The second kappa shape index (κ2) is 4.77. The lowest BCUT2D eigenvalue weighted by Crippen LogP contribution is -2.17. The van der Waals surface area contributed by atoms with Crippen LogP contribution in [0.1, 0.15) is 30.4 Å². The Balaban J connectivity index is 1.86. The molecule has 82 valence electrons. The molecule has 15 heavy (non-hydrogen) atoms. The first-order valence-electron chi connectivity index (χ1n) is 5.67. The highest BCUT2D eigenvalue weighted by Gasteiger charge is 2.22. The summed E-state index contributed by atoms with van der Waals surface area (Å²) in [7, 11) is 0. The van der Waals surface area contributed by atoms with Crippen molar-refractivity contribution in [2.24, 2.45) is 5.73 Å². The van der Waals surface area contributed by atoms with Crippen LogP contribution >= 0.6 is 0 Å². The molecule has 2 rings (SSSR count). The fraction of sp³-hybridized carbons (Fsp3) is 0.538. The van der Waals surface area contributed by atoms with Crippen LogP contribution in [-0.2, 0) is 11.3 Å². The van der Waals surface area contributed by atoms with Gasteiger partial charge in [-0.15, -0.1) is 0 Å². The van der Waals surface area contributed by atoms with Crippen molar-refractivity contribution >= 4 is 0 Å². The molecule has 0 aliphatic heterocycles. The Morgan fingerprint density at radius 1 is 1.33 bits per heavy atom. The van der Waals surface area contributed by atoms with Gasteiger partial charge in [0.15, 0.2) is 0 Å². The first-order valence-corrected chi connectivity index (χ1v) is 5.67. The van der Waals surface area contributed by atoms with Crippen molar-refractivity contribution < 1.29 is 4.74 Å². The van der Waals surface area contributed by atoms with E-state index in [1.807, 2.05) is 0 Å². The molecular formula is C13H19NO. The Morgan fingerprint density at radius 2 is 2.13 bits per heavy atom. The van der Waals surface area contributed by atoms with Crippen LogP contribution in [0.5, 0.6) is 0 Å². The van der Waals surface area contributed by atoms with Gasteiger partial charge in [-0.05, 0) is 37.3 Å². The molecule has 2 heteroatoms. The van der Waals surface area contributed by atoms with Crippen LogP contribution in [0.3, 0.4) is 0 Å². The molecular weight excluding hydrogens is 186 g/mol. The number of hydrogen-bond acceptors (Lipinski definition) is 2. The minimum Gasteiger partial charge on any atom is -0.373 e. The maximum atomic E-state index is 5.86. The molecule has 0 bridgehead atoms. The molecule has 1 aliphatic rings. The van der Waals surface area contributed by atoms with Crippen LogP contribution in [0.2, 0.25) is 0 Å². The number of aryl methyl sites for hydroxylation is 1. The minimum atomic E-state index is 0.354. The summed E-state index contributed by atoms with van der Waals surface area (Å²) in [4.78, 5) is 0. The van der Waals surface area contributed by atoms with Crippen molar-refractivity contribution in [2.75, 3.05) is 0 Å². The van der Waals surface area contributed by atoms with Crippen molar-refractivity contribution in [3.8, 4) is 0 Å². The van der Waals surface area contributed by atoms with Gasteiger partial charge in [-0.3, -0.25) is 0 Å². The monoisotopic (exact) mass is 205 g/mol. The summed E-state index contributed by atoms with van der Waals surface area (Å²) in [5.41, 5.74) is 8.44. The van der Waals surface area contributed by atoms with Gasteiger partial charge in [-0.2, -0.15) is 0 Å². The number of rotatable bonds is 3. The van der Waals surface area contributed by atoms with Gasteiger partial charge >= 0.3 is 0 Å². The Bertz CT molecular complexity index is 324. The van der Waals surface area contributed by atoms with E-state index in [-0.39, 0.29) is 0 Å². The molecule has 0 amide bonds. The van der Waals surface area contributed by atoms with Gasteiger partial charge in [0, 0.05) is 6.04 Å². The lowest BCUT2D eigenvalue weighted by atomic mass is 10.1. The van der Waals surface area contributed by atoms with Crippen LogP contribution in [0.4, 0.5) is 0 Å². The molecule has 1 aliphatic carbocycles. The minimum absolute atomic E-state index is 0.354. The molecule has 0 heterocycles. The third-order valence-electron chi connectivity index (χ3n) is 3.16. The van der Waals surface area contributed by atoms with Crippen LogP contribution in [0.25, 0.3) is 0 Å². The maximum absolute atomic E-state index is 5.86. The number of ether oxygens (including phenoxy) is 1. The van der Waals surface area contributed by atoms with Gasteiger partial charge in [0.2, 0.25) is 0 Å². The van der Waals surface area contributed by atoms with E-state index in [1.165, 1.54) is 11.1 Å². The molecule has 1 aromatic carbocycles. The summed E-state index contributed by atoms with van der Waals surface area (Å²) in [6, 6.07) is 8.73. The highest BCUT2D eigenvalue weighted by Crippen LogP contribution is 2.22. The van der Waals surface area contributed by atoms with Gasteiger partial charge in [0.05, 0.1) is 12.7 Å². The molecule has 1 saturated carbocycles. The largest absolute Gasteiger partial charge is 0.373 e. The van der Waals surface area contributed by atoms with E-state index in [1.54, 1.807) is 0 Å². The highest BCUT2D eigenvalue weighted by atomic mass is 16.5. The van der Waals surface area contributed by atoms with E-state index in [4.69, 9.17) is 10.5 Å². The normalized spacial score (nSPS) is 25.7. The summed E-state index contributed by atoms with van der Waals surface area (Å²) in [6.45, 7) is 2.85. The highest BCUT2D eigenvalue weighted by molar-refractivity contribution is 5.24. The number of benzene rings is 1. The maximum Gasteiger partial charge on any atom is 0.0723 e. The summed E-state index contributed by atoms with van der Waals surface area (Å²) >= 11 is 0. The lowest BCUT2D eigenvalue weighted by Gasteiger charge is -2.12. The molecule has 0 spiro atoms. The molecule has 0 saturated heterocycles. The Kier molecular flexibility index (Phi) is 3.39. The van der Waals surface area contributed by atoms with Crippen molar-refractivity contribution in [1.82, 2.24) is 0 Å². The van der Waals surface area contributed by atoms with E-state index in [0.29, 0.717) is 12.1 Å². The Hall–Kier alpha value is -0.860. The fourth-order valence-corrected chi connectivity index (χ4v) is 2.10. The zero-order chi connectivity index (χ0) is 10.7. The van der Waals surface area contributed by atoms with Crippen molar-refractivity contribution in [3.63, 3.8) is 0 Å². The molecule has 2 nitrogen and oxygen atoms in total. The summed E-state index contributed by atoms with van der Waals surface area (Å²) < 4.78 is 5.86. The Morgan fingerprint density at radius 3 is 2.80 bits per heavy atom. The van der Waals surface area contributed by atoms with Gasteiger partial charge in [0.1, 0.15) is 0 Å². The molecule has 0 radical (unpaired) electrons. The summed E-state index contributed by atoms with van der Waals surface area (Å²) in [5, 5.41) is 0. The summed E-state index contributed by atoms with van der Waals surface area (Å²) in [6.07, 6.45) is 3.62. The second-order valence-electron chi connectivity index (χ2n) is 4.43. The van der Waals surface area contributed by atoms with Crippen LogP contribution in [0.15, 0.2) is 24.3 Å². The first kappa shape index (κ1) is 10.7. The molecule has 1 fully saturated rings. The standard InChI is InChI=1S/C13H19NO/c1-10-4-2-3-5-11(10)9-15-13-7-6-12(14)8-13/h2-5,12-13H,6-9,14H2,1H3. The molecule has 2 N–H and O–H groups in total. The van der Waals surface area contributed by atoms with Crippen molar-refractivity contribution in [3.05, 3.63) is 35.4 Å². The van der Waals surface area contributed by atoms with E-state index >= 15 is 0 Å². The molecule has 2 unspecified atom stereocenters. The smallest absolute Gasteiger partial charge is 0.0723 e. The fourth-order valence-electron chi connectivity index (χ4n) is 2.10. The van der Waals surface area contributed by atoms with E-state index in [9.17, 15) is 0 Å². The van der Waals surface area contributed by atoms with Crippen LogP contribution < -0.4 is 5.73 Å². The van der Waals surface area contributed by atoms with Gasteiger partial charge in [0.25, 0.3) is 0 Å². The van der Waals surface area contributed by atoms with Crippen LogP contribution in [0, 0.1) is 6.92 Å². The van der Waals surface area contributed by atoms with Gasteiger partial charge in [-0.25, -0.2) is 0 Å². The third-order valence-corrected chi connectivity index (χ3v) is 3.16. The van der Waals surface area contributed by atoms with E-state index in [2.05, 4.69) is 31.2 Å². The number of hydrogen-bond donors (Lipinski definition) is 1. The van der Waals surface area contributed by atoms with Crippen LogP contribution in [-0.4, -0.2) is 12.1 Å².